The Bertz CT molecular complexity index is 480. The molecule has 0 saturated heterocycles. The number of imidazole rings is 1. The van der Waals surface area contributed by atoms with E-state index in [1.54, 1.807) is 0 Å². The van der Waals surface area contributed by atoms with E-state index in [9.17, 15) is 0 Å². The molecular weight excluding hydrogens is 238 g/mol. The van der Waals surface area contributed by atoms with Crippen LogP contribution in [0.5, 0.6) is 0 Å². The van der Waals surface area contributed by atoms with Crippen molar-refractivity contribution in [2.24, 2.45) is 5.73 Å². The molecule has 0 radical (unpaired) electrons. The molecule has 0 saturated carbocycles. The number of pyridine rings is 1. The zero-order chi connectivity index (χ0) is 13.5. The van der Waals surface area contributed by atoms with Gasteiger partial charge in [0.25, 0.3) is 0 Å². The van der Waals surface area contributed by atoms with Crippen molar-refractivity contribution < 1.29 is 0 Å². The van der Waals surface area contributed by atoms with Crippen LogP contribution in [-0.2, 0) is 19.6 Å². The van der Waals surface area contributed by atoms with Crippen molar-refractivity contribution in [1.82, 2.24) is 19.4 Å². The quantitative estimate of drug-likeness (QED) is 0.813. The lowest BCUT2D eigenvalue weighted by Gasteiger charge is -2.19. The Morgan fingerprint density at radius 3 is 2.74 bits per heavy atom. The van der Waals surface area contributed by atoms with Crippen LogP contribution in [0.25, 0.3) is 0 Å². The van der Waals surface area contributed by atoms with E-state index in [4.69, 9.17) is 5.73 Å². The van der Waals surface area contributed by atoms with Crippen LogP contribution >= 0.6 is 0 Å². The molecule has 0 aromatic carbocycles. The SMILES string of the molecule is CCN(Cc1ccncc1)Cc1cn(CCN)cn1. The topological polar surface area (TPSA) is 60.0 Å². The van der Waals surface area contributed by atoms with Gasteiger partial charge in [0.2, 0.25) is 0 Å². The minimum absolute atomic E-state index is 0.643. The maximum atomic E-state index is 5.53. The van der Waals surface area contributed by atoms with Crippen molar-refractivity contribution in [3.8, 4) is 0 Å². The fourth-order valence-electron chi connectivity index (χ4n) is 2.01. The van der Waals surface area contributed by atoms with Crippen LogP contribution in [0.3, 0.4) is 0 Å². The molecule has 5 heteroatoms. The first kappa shape index (κ1) is 13.7. The van der Waals surface area contributed by atoms with E-state index in [0.29, 0.717) is 6.54 Å². The maximum absolute atomic E-state index is 5.53. The van der Waals surface area contributed by atoms with E-state index >= 15 is 0 Å². The molecule has 0 aliphatic rings. The largest absolute Gasteiger partial charge is 0.336 e. The van der Waals surface area contributed by atoms with Crippen molar-refractivity contribution in [3.05, 3.63) is 48.3 Å². The van der Waals surface area contributed by atoms with Gasteiger partial charge in [0.1, 0.15) is 0 Å². The average molecular weight is 259 g/mol. The first-order chi connectivity index (χ1) is 9.31. The van der Waals surface area contributed by atoms with Gasteiger partial charge >= 0.3 is 0 Å². The summed E-state index contributed by atoms with van der Waals surface area (Å²) in [6.45, 7) is 6.40. The van der Waals surface area contributed by atoms with Gasteiger partial charge < -0.3 is 10.3 Å². The standard InChI is InChI=1S/C14H21N5/c1-2-18(9-13-3-6-16-7-4-13)10-14-11-19(8-5-15)12-17-14/h3-4,6-7,11-12H,2,5,8-10,15H2,1H3. The predicted molar refractivity (Wildman–Crippen MR) is 75.3 cm³/mol. The molecule has 0 spiro atoms. The van der Waals surface area contributed by atoms with E-state index < -0.39 is 0 Å². The normalized spacial score (nSPS) is 11.1. The highest BCUT2D eigenvalue weighted by Crippen LogP contribution is 2.07. The van der Waals surface area contributed by atoms with Crippen molar-refractivity contribution in [2.75, 3.05) is 13.1 Å². The van der Waals surface area contributed by atoms with Crippen LogP contribution in [0, 0.1) is 0 Å². The van der Waals surface area contributed by atoms with Crippen molar-refractivity contribution in [2.45, 2.75) is 26.6 Å². The van der Waals surface area contributed by atoms with E-state index in [1.807, 2.05) is 23.3 Å². The number of hydrogen-bond donors (Lipinski definition) is 1. The molecule has 0 unspecified atom stereocenters. The summed E-state index contributed by atoms with van der Waals surface area (Å²) in [7, 11) is 0. The van der Waals surface area contributed by atoms with Crippen LogP contribution in [-0.4, -0.2) is 32.5 Å². The smallest absolute Gasteiger partial charge is 0.0950 e. The van der Waals surface area contributed by atoms with Gasteiger partial charge in [0.05, 0.1) is 12.0 Å². The maximum Gasteiger partial charge on any atom is 0.0950 e. The van der Waals surface area contributed by atoms with Gasteiger partial charge in [0, 0.05) is 44.8 Å². The molecule has 0 aliphatic carbocycles. The van der Waals surface area contributed by atoms with E-state index in [-0.39, 0.29) is 0 Å². The second kappa shape index (κ2) is 7.01. The minimum Gasteiger partial charge on any atom is -0.336 e. The summed E-state index contributed by atoms with van der Waals surface area (Å²) in [5.74, 6) is 0. The summed E-state index contributed by atoms with van der Waals surface area (Å²) in [5.41, 5.74) is 7.90. The number of hydrogen-bond acceptors (Lipinski definition) is 4. The fourth-order valence-corrected chi connectivity index (χ4v) is 2.01. The Morgan fingerprint density at radius 1 is 1.26 bits per heavy atom. The van der Waals surface area contributed by atoms with Gasteiger partial charge in [-0.05, 0) is 24.2 Å². The summed E-state index contributed by atoms with van der Waals surface area (Å²) in [5, 5.41) is 0. The van der Waals surface area contributed by atoms with E-state index in [2.05, 4.69) is 40.1 Å². The average Bonchev–Trinajstić information content (AvgIpc) is 2.87. The molecule has 2 aromatic heterocycles. The van der Waals surface area contributed by atoms with E-state index in [0.717, 1.165) is 31.9 Å². The Labute approximate surface area is 114 Å². The van der Waals surface area contributed by atoms with Crippen LogP contribution in [0.1, 0.15) is 18.2 Å². The molecule has 19 heavy (non-hydrogen) atoms. The lowest BCUT2D eigenvalue weighted by Crippen LogP contribution is -2.22. The number of aromatic nitrogens is 3. The van der Waals surface area contributed by atoms with Gasteiger partial charge in [-0.2, -0.15) is 0 Å². The van der Waals surface area contributed by atoms with Crippen LogP contribution in [0.2, 0.25) is 0 Å². The molecule has 102 valence electrons. The fraction of sp³-hybridized carbons (Fsp3) is 0.429. The lowest BCUT2D eigenvalue weighted by atomic mass is 10.2. The zero-order valence-electron chi connectivity index (χ0n) is 11.4. The highest BCUT2D eigenvalue weighted by atomic mass is 15.1. The van der Waals surface area contributed by atoms with Gasteiger partial charge in [-0.15, -0.1) is 0 Å². The molecule has 2 heterocycles. The molecule has 2 aromatic rings. The second-order valence-electron chi connectivity index (χ2n) is 4.55. The minimum atomic E-state index is 0.643. The molecule has 5 nitrogen and oxygen atoms in total. The zero-order valence-corrected chi connectivity index (χ0v) is 11.4. The summed E-state index contributed by atoms with van der Waals surface area (Å²) >= 11 is 0. The first-order valence-electron chi connectivity index (χ1n) is 6.63. The molecule has 0 fully saturated rings. The van der Waals surface area contributed by atoms with Gasteiger partial charge in [-0.3, -0.25) is 9.88 Å². The molecule has 0 aliphatic heterocycles. The summed E-state index contributed by atoms with van der Waals surface area (Å²) in [6.07, 6.45) is 7.59. The Kier molecular flexibility index (Phi) is 5.06. The number of nitrogens with zero attached hydrogens (tertiary/aromatic N) is 4. The van der Waals surface area contributed by atoms with Gasteiger partial charge in [0.15, 0.2) is 0 Å². The molecule has 2 rings (SSSR count). The molecule has 0 atom stereocenters. The third-order valence-electron chi connectivity index (χ3n) is 3.06. The van der Waals surface area contributed by atoms with Crippen LogP contribution in [0.4, 0.5) is 0 Å². The van der Waals surface area contributed by atoms with Crippen LogP contribution in [0.15, 0.2) is 37.1 Å². The monoisotopic (exact) mass is 259 g/mol. The summed E-state index contributed by atoms with van der Waals surface area (Å²) in [4.78, 5) is 10.8. The molecule has 2 N–H and O–H groups in total. The van der Waals surface area contributed by atoms with Crippen molar-refractivity contribution in [1.29, 1.82) is 0 Å². The lowest BCUT2D eigenvalue weighted by molar-refractivity contribution is 0.268. The summed E-state index contributed by atoms with van der Waals surface area (Å²) < 4.78 is 2.04. The van der Waals surface area contributed by atoms with Crippen LogP contribution < -0.4 is 5.73 Å². The third kappa shape index (κ3) is 4.15. The highest BCUT2D eigenvalue weighted by Gasteiger charge is 2.07. The molecule has 0 bridgehead atoms. The second-order valence-corrected chi connectivity index (χ2v) is 4.55. The molecular formula is C14H21N5. The van der Waals surface area contributed by atoms with E-state index in [1.165, 1.54) is 5.56 Å². The number of nitrogens with two attached hydrogens (primary N) is 1. The first-order valence-corrected chi connectivity index (χ1v) is 6.63. The number of rotatable bonds is 7. The highest BCUT2D eigenvalue weighted by molar-refractivity contribution is 5.09. The van der Waals surface area contributed by atoms with Gasteiger partial charge in [-0.25, -0.2) is 4.98 Å². The Hall–Kier alpha value is -1.72. The Balaban J connectivity index is 1.94. The molecule has 0 amide bonds. The van der Waals surface area contributed by atoms with Gasteiger partial charge in [-0.1, -0.05) is 6.92 Å². The van der Waals surface area contributed by atoms with Crippen molar-refractivity contribution in [3.63, 3.8) is 0 Å². The summed E-state index contributed by atoms with van der Waals surface area (Å²) in [6, 6.07) is 4.10. The Morgan fingerprint density at radius 2 is 2.05 bits per heavy atom. The van der Waals surface area contributed by atoms with Crippen molar-refractivity contribution >= 4 is 0 Å². The third-order valence-corrected chi connectivity index (χ3v) is 3.06. The predicted octanol–water partition coefficient (Wildman–Crippen LogP) is 1.26.